The van der Waals surface area contributed by atoms with Gasteiger partial charge < -0.3 is 19.9 Å². The summed E-state index contributed by atoms with van der Waals surface area (Å²) in [6.45, 7) is 1.60. The summed E-state index contributed by atoms with van der Waals surface area (Å²) in [7, 11) is 0. The van der Waals surface area contributed by atoms with Crippen LogP contribution in [0.4, 0.5) is 5.69 Å². The maximum atomic E-state index is 10.9. The summed E-state index contributed by atoms with van der Waals surface area (Å²) in [6, 6.07) is 15.5. The zero-order valence-corrected chi connectivity index (χ0v) is 13.2. The van der Waals surface area contributed by atoms with E-state index in [9.17, 15) is 9.90 Å². The van der Waals surface area contributed by atoms with E-state index in [4.69, 9.17) is 14.7 Å². The zero-order chi connectivity index (χ0) is 17.4. The van der Waals surface area contributed by atoms with E-state index in [0.717, 1.165) is 0 Å². The van der Waals surface area contributed by atoms with E-state index in [2.05, 4.69) is 5.32 Å². The van der Waals surface area contributed by atoms with Crippen molar-refractivity contribution in [2.75, 3.05) is 18.5 Å². The lowest BCUT2D eigenvalue weighted by molar-refractivity contribution is -0.114. The first-order chi connectivity index (χ1) is 11.6. The van der Waals surface area contributed by atoms with Gasteiger partial charge in [0.1, 0.15) is 30.8 Å². The molecule has 0 spiro atoms. The first-order valence-corrected chi connectivity index (χ1v) is 7.38. The minimum atomic E-state index is -0.796. The Bertz CT molecular complexity index is 705. The summed E-state index contributed by atoms with van der Waals surface area (Å²) in [6.07, 6.45) is -0.796. The van der Waals surface area contributed by atoms with Gasteiger partial charge in [-0.25, -0.2) is 0 Å². The lowest BCUT2D eigenvalue weighted by atomic mass is 10.2. The summed E-state index contributed by atoms with van der Waals surface area (Å²) in [4.78, 5) is 10.9. The van der Waals surface area contributed by atoms with Crippen molar-refractivity contribution in [2.45, 2.75) is 13.0 Å². The molecule has 1 atom stereocenters. The Labute approximate surface area is 140 Å². The van der Waals surface area contributed by atoms with Gasteiger partial charge in [-0.1, -0.05) is 0 Å². The molecule has 1 amide bonds. The van der Waals surface area contributed by atoms with Gasteiger partial charge in [0.2, 0.25) is 5.91 Å². The second-order valence-electron chi connectivity index (χ2n) is 5.12. The van der Waals surface area contributed by atoms with Crippen molar-refractivity contribution in [3.05, 3.63) is 54.1 Å². The fourth-order valence-electron chi connectivity index (χ4n) is 1.90. The highest BCUT2D eigenvalue weighted by Gasteiger charge is 2.07. The van der Waals surface area contributed by atoms with E-state index in [0.29, 0.717) is 22.7 Å². The van der Waals surface area contributed by atoms with Crippen LogP contribution in [0.1, 0.15) is 12.5 Å². The first kappa shape index (κ1) is 17.3. The van der Waals surface area contributed by atoms with Crippen molar-refractivity contribution in [3.63, 3.8) is 0 Å². The molecule has 0 radical (unpaired) electrons. The minimum absolute atomic E-state index is 0.0791. The Morgan fingerprint density at radius 2 is 1.58 bits per heavy atom. The van der Waals surface area contributed by atoms with Crippen molar-refractivity contribution < 1.29 is 19.4 Å². The van der Waals surface area contributed by atoms with Gasteiger partial charge in [-0.15, -0.1) is 0 Å². The van der Waals surface area contributed by atoms with Crippen LogP contribution in [0.3, 0.4) is 0 Å². The molecule has 0 aromatic heterocycles. The first-order valence-electron chi connectivity index (χ1n) is 7.38. The highest BCUT2D eigenvalue weighted by atomic mass is 16.5. The third kappa shape index (κ3) is 5.63. The topological polar surface area (TPSA) is 91.6 Å². The molecular formula is C18H18N2O4. The van der Waals surface area contributed by atoms with Gasteiger partial charge >= 0.3 is 0 Å². The highest BCUT2D eigenvalue weighted by molar-refractivity contribution is 5.88. The predicted octanol–water partition coefficient (Wildman–Crippen LogP) is 2.34. The molecule has 0 heterocycles. The molecular weight excluding hydrogens is 308 g/mol. The fraction of sp³-hybridized carbons (Fsp3) is 0.222. The zero-order valence-electron chi connectivity index (χ0n) is 13.2. The maximum absolute atomic E-state index is 10.9. The van der Waals surface area contributed by atoms with E-state index in [-0.39, 0.29) is 19.1 Å². The normalized spacial score (nSPS) is 11.2. The van der Waals surface area contributed by atoms with Crippen LogP contribution in [-0.2, 0) is 4.79 Å². The molecule has 2 aromatic rings. The minimum Gasteiger partial charge on any atom is -0.491 e. The number of nitrogens with one attached hydrogen (secondary N) is 1. The van der Waals surface area contributed by atoms with E-state index in [1.807, 2.05) is 6.07 Å². The molecule has 0 aliphatic rings. The van der Waals surface area contributed by atoms with Gasteiger partial charge in [0.05, 0.1) is 11.6 Å². The lowest BCUT2D eigenvalue weighted by Gasteiger charge is -2.14. The molecule has 2 rings (SSSR count). The van der Waals surface area contributed by atoms with Crippen LogP contribution in [0, 0.1) is 11.3 Å². The van der Waals surface area contributed by atoms with Crippen LogP contribution in [0.15, 0.2) is 48.5 Å². The monoisotopic (exact) mass is 326 g/mol. The van der Waals surface area contributed by atoms with Gasteiger partial charge in [-0.05, 0) is 48.5 Å². The largest absolute Gasteiger partial charge is 0.491 e. The van der Waals surface area contributed by atoms with E-state index >= 15 is 0 Å². The van der Waals surface area contributed by atoms with Crippen molar-refractivity contribution in [1.82, 2.24) is 0 Å². The predicted molar refractivity (Wildman–Crippen MR) is 88.9 cm³/mol. The van der Waals surface area contributed by atoms with E-state index in [1.165, 1.54) is 6.92 Å². The Morgan fingerprint density at radius 1 is 1.08 bits per heavy atom. The lowest BCUT2D eigenvalue weighted by Crippen LogP contribution is -2.25. The van der Waals surface area contributed by atoms with Crippen LogP contribution in [0.2, 0.25) is 0 Å². The number of nitrogens with zero attached hydrogens (tertiary/aromatic N) is 1. The van der Waals surface area contributed by atoms with Crippen molar-refractivity contribution in [2.24, 2.45) is 0 Å². The summed E-state index contributed by atoms with van der Waals surface area (Å²) >= 11 is 0. The molecule has 2 aromatic carbocycles. The number of amides is 1. The molecule has 0 aliphatic carbocycles. The Hall–Kier alpha value is -3.04. The van der Waals surface area contributed by atoms with Gasteiger partial charge in [-0.2, -0.15) is 5.26 Å². The molecule has 0 aliphatic heterocycles. The van der Waals surface area contributed by atoms with Gasteiger partial charge in [0.25, 0.3) is 0 Å². The van der Waals surface area contributed by atoms with E-state index in [1.54, 1.807) is 48.5 Å². The van der Waals surface area contributed by atoms with Crippen LogP contribution < -0.4 is 14.8 Å². The van der Waals surface area contributed by atoms with E-state index < -0.39 is 6.10 Å². The van der Waals surface area contributed by atoms with Crippen LogP contribution in [0.5, 0.6) is 11.5 Å². The second-order valence-corrected chi connectivity index (χ2v) is 5.12. The summed E-state index contributed by atoms with van der Waals surface area (Å²) in [5.41, 5.74) is 1.23. The van der Waals surface area contributed by atoms with Gasteiger partial charge in [0.15, 0.2) is 0 Å². The number of carbonyl (C=O) groups excluding carboxylic acids is 1. The highest BCUT2D eigenvalue weighted by Crippen LogP contribution is 2.16. The number of benzene rings is 2. The number of aliphatic hydroxyl groups excluding tert-OH is 1. The molecule has 24 heavy (non-hydrogen) atoms. The number of ether oxygens (including phenoxy) is 2. The summed E-state index contributed by atoms with van der Waals surface area (Å²) in [5, 5.41) is 21.3. The van der Waals surface area contributed by atoms with Gasteiger partial charge in [0, 0.05) is 12.6 Å². The Kier molecular flexibility index (Phi) is 6.17. The molecule has 0 saturated carbocycles. The number of rotatable bonds is 7. The Morgan fingerprint density at radius 3 is 2.04 bits per heavy atom. The Balaban J connectivity index is 1.75. The smallest absolute Gasteiger partial charge is 0.221 e. The van der Waals surface area contributed by atoms with Crippen molar-refractivity contribution in [3.8, 4) is 17.6 Å². The fourth-order valence-corrected chi connectivity index (χ4v) is 1.90. The molecule has 0 saturated heterocycles. The molecule has 0 bridgehead atoms. The van der Waals surface area contributed by atoms with Crippen LogP contribution in [0.25, 0.3) is 0 Å². The van der Waals surface area contributed by atoms with Crippen molar-refractivity contribution >= 4 is 11.6 Å². The molecule has 2 N–H and O–H groups in total. The molecule has 6 heteroatoms. The third-order valence-electron chi connectivity index (χ3n) is 3.04. The maximum Gasteiger partial charge on any atom is 0.221 e. The van der Waals surface area contributed by atoms with Crippen LogP contribution >= 0.6 is 0 Å². The molecule has 124 valence electrons. The summed E-state index contributed by atoms with van der Waals surface area (Å²) < 4.78 is 10.9. The van der Waals surface area contributed by atoms with Gasteiger partial charge in [-0.3, -0.25) is 4.79 Å². The number of hydrogen-bond donors (Lipinski definition) is 2. The SMILES string of the molecule is CC(=O)Nc1ccc(OCC(O)COc2ccc(C#N)cc2)cc1. The molecule has 0 fully saturated rings. The summed E-state index contributed by atoms with van der Waals surface area (Å²) in [5.74, 6) is 1.02. The quantitative estimate of drug-likeness (QED) is 0.815. The molecule has 6 nitrogen and oxygen atoms in total. The number of nitriles is 1. The van der Waals surface area contributed by atoms with Crippen LogP contribution in [-0.4, -0.2) is 30.3 Å². The number of anilines is 1. The number of hydrogen-bond acceptors (Lipinski definition) is 5. The second kappa shape index (κ2) is 8.56. The third-order valence-corrected chi connectivity index (χ3v) is 3.04. The average Bonchev–Trinajstić information content (AvgIpc) is 2.59. The molecule has 1 unspecified atom stereocenters. The average molecular weight is 326 g/mol. The number of carbonyl (C=O) groups is 1. The van der Waals surface area contributed by atoms with Crippen molar-refractivity contribution in [1.29, 1.82) is 5.26 Å². The standard InChI is InChI=1S/C18H18N2O4/c1-13(21)20-15-4-8-18(9-5-15)24-12-16(22)11-23-17-6-2-14(10-19)3-7-17/h2-9,16,22H,11-12H2,1H3,(H,20,21). The number of aliphatic hydroxyl groups is 1.